The third-order valence-electron chi connectivity index (χ3n) is 3.04. The molecule has 20 heavy (non-hydrogen) atoms. The Bertz CT molecular complexity index is 555. The van der Waals surface area contributed by atoms with Crippen molar-refractivity contribution < 1.29 is 19.8 Å². The van der Waals surface area contributed by atoms with Crippen molar-refractivity contribution in [3.8, 4) is 0 Å². The second-order valence-electron chi connectivity index (χ2n) is 4.55. The summed E-state index contributed by atoms with van der Waals surface area (Å²) in [5.41, 5.74) is 2.12. The molecule has 0 saturated heterocycles. The molecule has 0 aliphatic heterocycles. The first-order valence-electron chi connectivity index (χ1n) is 6.28. The number of carbonyl (C=O) groups is 2. The molecule has 4 nitrogen and oxygen atoms in total. The second kappa shape index (κ2) is 7.28. The van der Waals surface area contributed by atoms with E-state index in [0.717, 1.165) is 17.6 Å². The van der Waals surface area contributed by atoms with Crippen LogP contribution in [0.4, 0.5) is 0 Å². The molecule has 1 atom stereocenters. The van der Waals surface area contributed by atoms with Crippen LogP contribution < -0.4 is 0 Å². The van der Waals surface area contributed by atoms with Crippen LogP contribution in [-0.2, 0) is 4.79 Å². The predicted octanol–water partition coefficient (Wildman–Crippen LogP) is 3.29. The molecular weight excluding hydrogens is 256 g/mol. The van der Waals surface area contributed by atoms with Crippen LogP contribution in [0.5, 0.6) is 0 Å². The Morgan fingerprint density at radius 2 is 1.80 bits per heavy atom. The van der Waals surface area contributed by atoms with Crippen molar-refractivity contribution in [1.82, 2.24) is 0 Å². The largest absolute Gasteiger partial charge is 0.481 e. The predicted molar refractivity (Wildman–Crippen MR) is 76.8 cm³/mol. The number of aliphatic carboxylic acids is 1. The molecule has 0 amide bonds. The highest BCUT2D eigenvalue weighted by molar-refractivity contribution is 5.89. The molecular formula is C16H18O4. The van der Waals surface area contributed by atoms with Gasteiger partial charge in [-0.15, -0.1) is 0 Å². The molecule has 0 spiro atoms. The van der Waals surface area contributed by atoms with Crippen LogP contribution in [0.3, 0.4) is 0 Å². The van der Waals surface area contributed by atoms with Crippen LogP contribution in [0.1, 0.15) is 29.3 Å². The number of carboxylic acid groups (broad SMARTS) is 2. The molecule has 1 aliphatic rings. The van der Waals surface area contributed by atoms with Crippen molar-refractivity contribution in [3.63, 3.8) is 0 Å². The lowest BCUT2D eigenvalue weighted by Gasteiger charge is -2.10. The number of benzene rings is 1. The molecule has 0 bridgehead atoms. The van der Waals surface area contributed by atoms with Gasteiger partial charge in [0, 0.05) is 0 Å². The maximum Gasteiger partial charge on any atom is 0.335 e. The summed E-state index contributed by atoms with van der Waals surface area (Å²) in [6.45, 7) is 3.63. The Hall–Kier alpha value is -2.36. The summed E-state index contributed by atoms with van der Waals surface area (Å²) in [6, 6.07) is 6.92. The first-order chi connectivity index (χ1) is 9.43. The molecule has 1 aliphatic carbocycles. The Kier molecular flexibility index (Phi) is 5.72. The third-order valence-corrected chi connectivity index (χ3v) is 3.04. The van der Waals surface area contributed by atoms with E-state index in [2.05, 4.69) is 0 Å². The minimum atomic E-state index is -0.863. The van der Waals surface area contributed by atoms with Crippen LogP contribution in [0.15, 0.2) is 48.1 Å². The number of aromatic carboxylic acids is 1. The first-order valence-corrected chi connectivity index (χ1v) is 6.28. The zero-order valence-electron chi connectivity index (χ0n) is 11.5. The van der Waals surface area contributed by atoms with Gasteiger partial charge in [-0.3, -0.25) is 4.79 Å². The standard InChI is InChI=1S/C8H10O2.C8H8O2/c2*1-6-4-2-3-5-7(6)8(9)10/h3-5,7H,2H2,1H3,(H,9,10);2-5H,1H3,(H,9,10). The van der Waals surface area contributed by atoms with Gasteiger partial charge in [0.2, 0.25) is 0 Å². The lowest BCUT2D eigenvalue weighted by molar-refractivity contribution is -0.138. The molecule has 1 aromatic carbocycles. The third kappa shape index (κ3) is 4.39. The molecule has 0 radical (unpaired) electrons. The molecule has 0 fully saturated rings. The molecule has 0 heterocycles. The summed E-state index contributed by atoms with van der Waals surface area (Å²) < 4.78 is 0. The van der Waals surface area contributed by atoms with Gasteiger partial charge in [0.05, 0.1) is 11.5 Å². The molecule has 0 aromatic heterocycles. The average Bonchev–Trinajstić information content (AvgIpc) is 2.40. The van der Waals surface area contributed by atoms with Gasteiger partial charge < -0.3 is 10.2 Å². The fourth-order valence-corrected chi connectivity index (χ4v) is 1.84. The van der Waals surface area contributed by atoms with Gasteiger partial charge in [0.15, 0.2) is 0 Å². The van der Waals surface area contributed by atoms with Crippen molar-refractivity contribution in [1.29, 1.82) is 0 Å². The summed E-state index contributed by atoms with van der Waals surface area (Å²) in [5.74, 6) is -2.00. The van der Waals surface area contributed by atoms with E-state index in [0.29, 0.717) is 5.56 Å². The number of hydrogen-bond acceptors (Lipinski definition) is 2. The van der Waals surface area contributed by atoms with Crippen LogP contribution in [0.25, 0.3) is 0 Å². The van der Waals surface area contributed by atoms with Gasteiger partial charge in [-0.25, -0.2) is 4.79 Å². The number of rotatable bonds is 2. The van der Waals surface area contributed by atoms with Crippen molar-refractivity contribution in [2.75, 3.05) is 0 Å². The average molecular weight is 274 g/mol. The van der Waals surface area contributed by atoms with E-state index in [1.54, 1.807) is 31.2 Å². The van der Waals surface area contributed by atoms with E-state index in [-0.39, 0.29) is 5.92 Å². The van der Waals surface area contributed by atoms with Crippen molar-refractivity contribution in [2.24, 2.45) is 5.92 Å². The summed E-state index contributed by atoms with van der Waals surface area (Å²) in [6.07, 6.45) is 6.43. The van der Waals surface area contributed by atoms with Gasteiger partial charge in [0.25, 0.3) is 0 Å². The summed E-state index contributed by atoms with van der Waals surface area (Å²) in [5, 5.41) is 17.2. The monoisotopic (exact) mass is 274 g/mol. The minimum Gasteiger partial charge on any atom is -0.481 e. The molecule has 106 valence electrons. The van der Waals surface area contributed by atoms with Crippen LogP contribution in [0.2, 0.25) is 0 Å². The van der Waals surface area contributed by atoms with Gasteiger partial charge in [-0.1, -0.05) is 42.0 Å². The van der Waals surface area contributed by atoms with E-state index >= 15 is 0 Å². The molecule has 4 heteroatoms. The van der Waals surface area contributed by atoms with E-state index in [9.17, 15) is 9.59 Å². The highest BCUT2D eigenvalue weighted by Crippen LogP contribution is 2.17. The lowest BCUT2D eigenvalue weighted by Crippen LogP contribution is -2.13. The van der Waals surface area contributed by atoms with Gasteiger partial charge in [-0.2, -0.15) is 0 Å². The first kappa shape index (κ1) is 15.7. The van der Waals surface area contributed by atoms with Crippen LogP contribution in [-0.4, -0.2) is 22.2 Å². The lowest BCUT2D eigenvalue weighted by atomic mass is 9.95. The zero-order chi connectivity index (χ0) is 15.1. The normalized spacial score (nSPS) is 16.7. The van der Waals surface area contributed by atoms with Crippen molar-refractivity contribution in [3.05, 3.63) is 59.2 Å². The number of hydrogen-bond donors (Lipinski definition) is 2. The van der Waals surface area contributed by atoms with Crippen LogP contribution >= 0.6 is 0 Å². The number of allylic oxidation sites excluding steroid dienone is 2. The smallest absolute Gasteiger partial charge is 0.335 e. The van der Waals surface area contributed by atoms with Crippen molar-refractivity contribution >= 4 is 11.9 Å². The summed E-state index contributed by atoms with van der Waals surface area (Å²) in [4.78, 5) is 20.9. The Labute approximate surface area is 118 Å². The van der Waals surface area contributed by atoms with Crippen LogP contribution in [0, 0.1) is 12.8 Å². The number of aryl methyl sites for hydroxylation is 1. The van der Waals surface area contributed by atoms with Gasteiger partial charge >= 0.3 is 11.9 Å². The maximum atomic E-state index is 10.5. The maximum absolute atomic E-state index is 10.5. The molecule has 1 unspecified atom stereocenters. The minimum absolute atomic E-state index is 0.377. The van der Waals surface area contributed by atoms with Gasteiger partial charge in [-0.05, 0) is 31.9 Å². The highest BCUT2D eigenvalue weighted by Gasteiger charge is 2.16. The number of carboxylic acids is 2. The molecule has 1 aromatic rings. The second-order valence-corrected chi connectivity index (χ2v) is 4.55. The zero-order valence-corrected chi connectivity index (χ0v) is 11.5. The molecule has 0 saturated carbocycles. The van der Waals surface area contributed by atoms with E-state index in [1.165, 1.54) is 0 Å². The topological polar surface area (TPSA) is 74.6 Å². The Morgan fingerprint density at radius 3 is 2.20 bits per heavy atom. The fraction of sp³-hybridized carbons (Fsp3) is 0.250. The molecule has 2 N–H and O–H groups in total. The van der Waals surface area contributed by atoms with E-state index < -0.39 is 11.9 Å². The summed E-state index contributed by atoms with van der Waals surface area (Å²) >= 11 is 0. The van der Waals surface area contributed by atoms with E-state index in [4.69, 9.17) is 10.2 Å². The highest BCUT2D eigenvalue weighted by atomic mass is 16.4. The fourth-order valence-electron chi connectivity index (χ4n) is 1.84. The van der Waals surface area contributed by atoms with Crippen molar-refractivity contribution in [2.45, 2.75) is 20.3 Å². The van der Waals surface area contributed by atoms with Gasteiger partial charge in [0.1, 0.15) is 0 Å². The Balaban J connectivity index is 0.000000200. The summed E-state index contributed by atoms with van der Waals surface area (Å²) in [7, 11) is 0. The molecule has 2 rings (SSSR count). The Morgan fingerprint density at radius 1 is 1.15 bits per heavy atom. The SMILES string of the molecule is CC1=CCC=CC1C(=O)O.Cc1ccccc1C(=O)O. The quantitative estimate of drug-likeness (QED) is 0.811. The van der Waals surface area contributed by atoms with E-state index in [1.807, 2.05) is 25.1 Å².